The van der Waals surface area contributed by atoms with E-state index in [1.807, 2.05) is 6.92 Å². The maximum absolute atomic E-state index is 14.8. The molecule has 57 heavy (non-hydrogen) atoms. The number of rotatable bonds is 9. The quantitative estimate of drug-likeness (QED) is 0.125. The molecule has 288 valence electrons. The van der Waals surface area contributed by atoms with Crippen LogP contribution in [0, 0.1) is 24.5 Å². The highest BCUT2D eigenvalue weighted by atomic mass is 32.2. The molecular weight excluding hydrogens is 769 g/mol. The molecule has 6 N–H and O–H groups in total. The molecule has 3 aromatic heterocycles. The Bertz CT molecular complexity index is 2730. The van der Waals surface area contributed by atoms with E-state index >= 15 is 0 Å². The summed E-state index contributed by atoms with van der Waals surface area (Å²) in [5, 5.41) is 0.0895. The zero-order chi connectivity index (χ0) is 40.3. The summed E-state index contributed by atoms with van der Waals surface area (Å²) in [6.45, 7) is 1.89. The number of aryl methyl sites for hydroxylation is 1. The lowest BCUT2D eigenvalue weighted by Gasteiger charge is -2.13. The van der Waals surface area contributed by atoms with Crippen LogP contribution in [-0.4, -0.2) is 48.3 Å². The lowest BCUT2D eigenvalue weighted by Crippen LogP contribution is -2.10. The van der Waals surface area contributed by atoms with Crippen molar-refractivity contribution in [3.63, 3.8) is 0 Å². The molecule has 12 nitrogen and oxygen atoms in total. The highest BCUT2D eigenvalue weighted by Gasteiger charge is 2.30. The number of halogens is 2. The number of nitrogens with two attached hydrogens (primary N) is 3. The monoisotopic (exact) mass is 803 g/mol. The second-order valence-electron chi connectivity index (χ2n) is 13.3. The van der Waals surface area contributed by atoms with E-state index in [1.165, 1.54) is 49.2 Å². The minimum absolute atomic E-state index is 0.0895. The van der Waals surface area contributed by atoms with Crippen LogP contribution in [0.2, 0.25) is 0 Å². The minimum atomic E-state index is -3.43. The Morgan fingerprint density at radius 2 is 1.37 bits per heavy atom. The zero-order valence-corrected chi connectivity index (χ0v) is 32.0. The van der Waals surface area contributed by atoms with E-state index in [0.29, 0.717) is 49.5 Å². The van der Waals surface area contributed by atoms with Crippen molar-refractivity contribution >= 4 is 38.2 Å². The van der Waals surface area contributed by atoms with Gasteiger partial charge in [0.15, 0.2) is 9.84 Å². The largest absolute Gasteiger partial charge is 0.384 e. The first-order valence-corrected chi connectivity index (χ1v) is 20.3. The average molecular weight is 804 g/mol. The zero-order valence-electron chi connectivity index (χ0n) is 30.4. The predicted molar refractivity (Wildman–Crippen MR) is 215 cm³/mol. The van der Waals surface area contributed by atoms with Gasteiger partial charge in [0.1, 0.15) is 34.1 Å². The van der Waals surface area contributed by atoms with Crippen LogP contribution in [0.15, 0.2) is 131 Å². The molecule has 0 saturated heterocycles. The molecule has 1 aliphatic rings. The SMILES string of the molecule is Cc1ccc(S(=O)(=O)CC2CC2)c(-c2ccc(-c3cnc(N)nc3)c(F)c2)c1.Nc1cnc(-c2ccc(-c3ccccc3S(=O)c3nccc(N)n3)cc2F)cn1. The normalized spacial score (nSPS) is 13.0. The molecule has 4 aromatic carbocycles. The van der Waals surface area contributed by atoms with Gasteiger partial charge in [-0.2, -0.15) is 0 Å². The van der Waals surface area contributed by atoms with Gasteiger partial charge < -0.3 is 17.2 Å². The Balaban J connectivity index is 0.000000174. The van der Waals surface area contributed by atoms with E-state index in [0.717, 1.165) is 18.4 Å². The molecule has 0 amide bonds. The second kappa shape index (κ2) is 16.3. The summed E-state index contributed by atoms with van der Waals surface area (Å²) < 4.78 is 68.4. The van der Waals surface area contributed by atoms with Crippen molar-refractivity contribution in [2.75, 3.05) is 23.0 Å². The summed E-state index contributed by atoms with van der Waals surface area (Å²) in [7, 11) is -5.11. The fourth-order valence-corrected chi connectivity index (χ4v) is 9.05. The van der Waals surface area contributed by atoms with Gasteiger partial charge in [0.05, 0.1) is 33.6 Å². The van der Waals surface area contributed by atoms with Gasteiger partial charge >= 0.3 is 0 Å². The summed E-state index contributed by atoms with van der Waals surface area (Å²) in [5.74, 6) is 0.0220. The first-order chi connectivity index (χ1) is 27.4. The van der Waals surface area contributed by atoms with Gasteiger partial charge in [-0.25, -0.2) is 46.3 Å². The number of aromatic nitrogens is 6. The van der Waals surface area contributed by atoms with E-state index in [4.69, 9.17) is 17.2 Å². The van der Waals surface area contributed by atoms with Gasteiger partial charge in [0, 0.05) is 40.8 Å². The number of nitrogens with zero attached hydrogens (tertiary/aromatic N) is 6. The Kier molecular flexibility index (Phi) is 11.1. The molecule has 7 aromatic rings. The number of sulfone groups is 1. The summed E-state index contributed by atoms with van der Waals surface area (Å²) in [6, 6.07) is 23.1. The fourth-order valence-electron chi connectivity index (χ4n) is 5.99. The van der Waals surface area contributed by atoms with Crippen molar-refractivity contribution in [3.8, 4) is 44.6 Å². The van der Waals surface area contributed by atoms with Gasteiger partial charge in [0.25, 0.3) is 0 Å². The highest BCUT2D eigenvalue weighted by Crippen LogP contribution is 2.37. The molecule has 0 spiro atoms. The van der Waals surface area contributed by atoms with Gasteiger partial charge in [-0.15, -0.1) is 0 Å². The van der Waals surface area contributed by atoms with E-state index in [9.17, 15) is 21.4 Å². The van der Waals surface area contributed by atoms with Gasteiger partial charge in [-0.1, -0.05) is 54.1 Å². The maximum atomic E-state index is 14.8. The summed E-state index contributed by atoms with van der Waals surface area (Å²) in [6.07, 6.45) is 9.04. The third-order valence-corrected chi connectivity index (χ3v) is 12.2. The van der Waals surface area contributed by atoms with Crippen molar-refractivity contribution < 1.29 is 21.4 Å². The Labute approximate surface area is 329 Å². The Hall–Kier alpha value is -6.52. The molecule has 1 saturated carbocycles. The number of anilines is 3. The number of nitrogen functional groups attached to an aromatic ring is 3. The molecule has 0 bridgehead atoms. The average Bonchev–Trinajstić information content (AvgIpc) is 4.02. The molecule has 0 aliphatic heterocycles. The van der Waals surface area contributed by atoms with Crippen LogP contribution < -0.4 is 17.2 Å². The minimum Gasteiger partial charge on any atom is -0.384 e. The molecule has 1 atom stereocenters. The molecule has 16 heteroatoms. The highest BCUT2D eigenvalue weighted by molar-refractivity contribution is 7.91. The number of hydrogen-bond donors (Lipinski definition) is 3. The van der Waals surface area contributed by atoms with E-state index < -0.39 is 32.3 Å². The Morgan fingerprint density at radius 1 is 0.684 bits per heavy atom. The van der Waals surface area contributed by atoms with Crippen LogP contribution in [0.5, 0.6) is 0 Å². The van der Waals surface area contributed by atoms with E-state index in [1.54, 1.807) is 66.7 Å². The lowest BCUT2D eigenvalue weighted by atomic mass is 10.00. The van der Waals surface area contributed by atoms with Crippen LogP contribution in [0.4, 0.5) is 26.4 Å². The Morgan fingerprint density at radius 3 is 2.02 bits per heavy atom. The molecule has 1 unspecified atom stereocenters. The van der Waals surface area contributed by atoms with Crippen molar-refractivity contribution in [1.82, 2.24) is 29.9 Å². The molecule has 3 heterocycles. The maximum Gasteiger partial charge on any atom is 0.225 e. The summed E-state index contributed by atoms with van der Waals surface area (Å²) >= 11 is 0. The third kappa shape index (κ3) is 8.98. The van der Waals surface area contributed by atoms with Crippen molar-refractivity contribution in [2.45, 2.75) is 34.7 Å². The van der Waals surface area contributed by atoms with Crippen molar-refractivity contribution in [1.29, 1.82) is 0 Å². The predicted octanol–water partition coefficient (Wildman–Crippen LogP) is 7.09. The molecular formula is C41H35F2N9O3S2. The van der Waals surface area contributed by atoms with Crippen molar-refractivity contribution in [2.24, 2.45) is 5.92 Å². The van der Waals surface area contributed by atoms with Crippen molar-refractivity contribution in [3.05, 3.63) is 133 Å². The number of benzene rings is 4. The topological polar surface area (TPSA) is 207 Å². The van der Waals surface area contributed by atoms with Crippen LogP contribution in [-0.2, 0) is 20.6 Å². The molecule has 1 aliphatic carbocycles. The molecule has 8 rings (SSSR count). The summed E-state index contributed by atoms with van der Waals surface area (Å²) in [4.78, 5) is 24.6. The van der Waals surface area contributed by atoms with E-state index in [-0.39, 0.29) is 39.3 Å². The van der Waals surface area contributed by atoms with E-state index in [2.05, 4.69) is 29.9 Å². The van der Waals surface area contributed by atoms with Crippen LogP contribution >= 0.6 is 0 Å². The smallest absolute Gasteiger partial charge is 0.225 e. The third-order valence-electron chi connectivity index (χ3n) is 9.02. The standard InChI is InChI=1S/C21H20FN3O2S.C20H15FN6OS/c1-13-2-7-20(28(26,27)12-14-3-4-14)18(8-13)15-5-6-17(19(22)9-15)16-10-24-21(23)25-11-16;21-15-9-12(5-6-14(15)16-10-26-19(23)11-25-16)13-3-1-2-4-17(13)29(28)20-24-8-7-18(22)27-20/h2,5-11,14H,3-4,12H2,1H3,(H2,23,24,25);1-11H,(H2,23,26)(H2,22,24,27). The molecule has 0 radical (unpaired) electrons. The van der Waals surface area contributed by atoms with Gasteiger partial charge in [0.2, 0.25) is 11.1 Å². The van der Waals surface area contributed by atoms with Gasteiger partial charge in [-0.3, -0.25) is 4.98 Å². The first kappa shape index (κ1) is 38.7. The number of hydrogen-bond acceptors (Lipinski definition) is 12. The van der Waals surface area contributed by atoms with Crippen LogP contribution in [0.3, 0.4) is 0 Å². The molecule has 1 fully saturated rings. The second-order valence-corrected chi connectivity index (χ2v) is 16.6. The fraction of sp³-hybridized carbons (Fsp3) is 0.122. The lowest BCUT2D eigenvalue weighted by molar-refractivity contribution is 0.592. The summed E-state index contributed by atoms with van der Waals surface area (Å²) in [5.41, 5.74) is 21.3. The van der Waals surface area contributed by atoms with Crippen LogP contribution in [0.25, 0.3) is 44.6 Å². The van der Waals surface area contributed by atoms with Crippen LogP contribution in [0.1, 0.15) is 18.4 Å². The first-order valence-electron chi connectivity index (χ1n) is 17.5. The van der Waals surface area contributed by atoms with Gasteiger partial charge in [-0.05, 0) is 78.8 Å².